The molecule has 1 aromatic rings. The lowest BCUT2D eigenvalue weighted by molar-refractivity contribution is 0.842. The van der Waals surface area contributed by atoms with Crippen molar-refractivity contribution in [1.29, 1.82) is 0 Å². The molecule has 0 radical (unpaired) electrons. The highest BCUT2D eigenvalue weighted by Gasteiger charge is 2.10. The molecule has 0 spiro atoms. The summed E-state index contributed by atoms with van der Waals surface area (Å²) in [5.74, 6) is 0.545. The second kappa shape index (κ2) is 4.41. The zero-order valence-electron chi connectivity index (χ0n) is 7.40. The van der Waals surface area contributed by atoms with E-state index >= 15 is 0 Å². The van der Waals surface area contributed by atoms with Crippen molar-refractivity contribution in [2.75, 3.05) is 0 Å². The number of alkyl halides is 1. The molecular weight excluding hydrogens is 302 g/mol. The largest absolute Gasteiger partial charge is 0.308 e. The quantitative estimate of drug-likeness (QED) is 0.672. The molecule has 0 bridgehead atoms. The molecule has 3 nitrogen and oxygen atoms in total. The number of hydrogen-bond donors (Lipinski definition) is 1. The van der Waals surface area contributed by atoms with Crippen LogP contribution in [-0.4, -0.2) is 9.97 Å². The number of nitrogens with zero attached hydrogens (tertiary/aromatic N) is 1. The van der Waals surface area contributed by atoms with E-state index in [-0.39, 0.29) is 10.9 Å². The van der Waals surface area contributed by atoms with Gasteiger partial charge in [0.05, 0.1) is 14.6 Å². The zero-order chi connectivity index (χ0) is 10.0. The smallest absolute Gasteiger partial charge is 0.264 e. The van der Waals surface area contributed by atoms with Crippen LogP contribution in [0.2, 0.25) is 0 Å². The van der Waals surface area contributed by atoms with Crippen molar-refractivity contribution in [3.8, 4) is 0 Å². The van der Waals surface area contributed by atoms with Gasteiger partial charge in [0.1, 0.15) is 5.82 Å². The monoisotopic (exact) mass is 312 g/mol. The van der Waals surface area contributed by atoms with Crippen molar-refractivity contribution in [2.24, 2.45) is 0 Å². The summed E-state index contributed by atoms with van der Waals surface area (Å²) in [6.07, 6.45) is 0.749. The van der Waals surface area contributed by atoms with Crippen molar-refractivity contribution in [3.63, 3.8) is 0 Å². The predicted octanol–water partition coefficient (Wildman–Crippen LogP) is 2.24. The first-order valence-electron chi connectivity index (χ1n) is 3.99. The van der Waals surface area contributed by atoms with E-state index in [1.54, 1.807) is 6.92 Å². The molecule has 1 N–H and O–H groups in total. The highest BCUT2D eigenvalue weighted by atomic mass is 127. The van der Waals surface area contributed by atoms with Gasteiger partial charge in [0.15, 0.2) is 0 Å². The normalized spacial score (nSPS) is 12.9. The Morgan fingerprint density at radius 1 is 1.69 bits per heavy atom. The van der Waals surface area contributed by atoms with E-state index in [9.17, 15) is 4.79 Å². The summed E-state index contributed by atoms with van der Waals surface area (Å²) in [6, 6.07) is 0. The number of hydrogen-bond acceptors (Lipinski definition) is 2. The van der Waals surface area contributed by atoms with Crippen molar-refractivity contribution in [1.82, 2.24) is 9.97 Å². The lowest BCUT2D eigenvalue weighted by Crippen LogP contribution is -2.18. The van der Waals surface area contributed by atoms with Crippen LogP contribution in [0.15, 0.2) is 4.79 Å². The van der Waals surface area contributed by atoms with Gasteiger partial charge in [-0.15, -0.1) is 11.6 Å². The topological polar surface area (TPSA) is 45.8 Å². The Morgan fingerprint density at radius 3 is 2.77 bits per heavy atom. The molecule has 0 saturated carbocycles. The van der Waals surface area contributed by atoms with Crippen molar-refractivity contribution in [2.45, 2.75) is 25.6 Å². The van der Waals surface area contributed by atoms with Gasteiger partial charge < -0.3 is 4.98 Å². The second-order valence-electron chi connectivity index (χ2n) is 2.68. The summed E-state index contributed by atoms with van der Waals surface area (Å²) >= 11 is 7.82. The lowest BCUT2D eigenvalue weighted by atomic mass is 10.3. The average molecular weight is 313 g/mol. The van der Waals surface area contributed by atoms with Crippen LogP contribution in [0.25, 0.3) is 0 Å². The molecule has 0 fully saturated rings. The Morgan fingerprint density at radius 2 is 2.31 bits per heavy atom. The van der Waals surface area contributed by atoms with Crippen LogP contribution in [0.5, 0.6) is 0 Å². The minimum Gasteiger partial charge on any atom is -0.308 e. The Labute approximate surface area is 95.1 Å². The minimum atomic E-state index is -0.255. The summed E-state index contributed by atoms with van der Waals surface area (Å²) in [7, 11) is 0. The fourth-order valence-corrected chi connectivity index (χ4v) is 1.69. The Kier molecular flexibility index (Phi) is 3.73. The van der Waals surface area contributed by atoms with E-state index in [1.165, 1.54) is 0 Å². The average Bonchev–Trinajstić information content (AvgIpc) is 2.09. The van der Waals surface area contributed by atoms with Gasteiger partial charge >= 0.3 is 0 Å². The van der Waals surface area contributed by atoms with Crippen LogP contribution in [-0.2, 0) is 6.42 Å². The van der Waals surface area contributed by atoms with Gasteiger partial charge in [-0.2, -0.15) is 0 Å². The maximum Gasteiger partial charge on any atom is 0.264 e. The summed E-state index contributed by atoms with van der Waals surface area (Å²) in [5.41, 5.74) is 0.710. The van der Waals surface area contributed by atoms with E-state index in [2.05, 4.69) is 9.97 Å². The summed E-state index contributed by atoms with van der Waals surface area (Å²) < 4.78 is 0.654. The first kappa shape index (κ1) is 11.0. The van der Waals surface area contributed by atoms with Gasteiger partial charge in [0.25, 0.3) is 5.56 Å². The highest BCUT2D eigenvalue weighted by Crippen LogP contribution is 2.15. The standard InChI is InChI=1S/C8H10ClIN2O/c1-3-5-6(10)8(13)12-7(11-5)4(2)9/h4H,3H2,1-2H3,(H,11,12,13). The number of aromatic nitrogens is 2. The molecule has 1 aromatic heterocycles. The van der Waals surface area contributed by atoms with E-state index in [0.717, 1.165) is 12.1 Å². The fraction of sp³-hybridized carbons (Fsp3) is 0.500. The third-order valence-electron chi connectivity index (χ3n) is 1.66. The Balaban J connectivity index is 3.31. The van der Waals surface area contributed by atoms with Crippen LogP contribution in [0.3, 0.4) is 0 Å². The third kappa shape index (κ3) is 2.43. The highest BCUT2D eigenvalue weighted by molar-refractivity contribution is 14.1. The number of aryl methyl sites for hydroxylation is 1. The number of nitrogens with one attached hydrogen (secondary N) is 1. The summed E-state index contributed by atoms with van der Waals surface area (Å²) in [5, 5.41) is -0.255. The first-order chi connectivity index (χ1) is 6.06. The van der Waals surface area contributed by atoms with Gasteiger partial charge in [-0.05, 0) is 35.9 Å². The molecule has 0 saturated heterocycles. The van der Waals surface area contributed by atoms with Gasteiger partial charge in [-0.1, -0.05) is 6.92 Å². The molecule has 1 atom stereocenters. The minimum absolute atomic E-state index is 0.102. The van der Waals surface area contributed by atoms with E-state index in [1.807, 2.05) is 29.5 Å². The molecule has 72 valence electrons. The van der Waals surface area contributed by atoms with Gasteiger partial charge in [-0.3, -0.25) is 4.79 Å². The van der Waals surface area contributed by atoms with Crippen LogP contribution in [0.1, 0.15) is 30.7 Å². The lowest BCUT2D eigenvalue weighted by Gasteiger charge is -2.05. The molecule has 0 amide bonds. The number of rotatable bonds is 2. The van der Waals surface area contributed by atoms with Crippen LogP contribution in [0.4, 0.5) is 0 Å². The number of H-pyrrole nitrogens is 1. The third-order valence-corrected chi connectivity index (χ3v) is 2.98. The molecular formula is C8H10ClIN2O. The SMILES string of the molecule is CCc1nc(C(C)Cl)[nH]c(=O)c1I. The number of aromatic amines is 1. The molecule has 0 aliphatic rings. The van der Waals surface area contributed by atoms with E-state index < -0.39 is 0 Å². The first-order valence-corrected chi connectivity index (χ1v) is 5.50. The van der Waals surface area contributed by atoms with Gasteiger partial charge in [0.2, 0.25) is 0 Å². The zero-order valence-corrected chi connectivity index (χ0v) is 10.3. The second-order valence-corrected chi connectivity index (χ2v) is 4.41. The molecule has 1 rings (SSSR count). The van der Waals surface area contributed by atoms with Crippen LogP contribution in [0, 0.1) is 3.57 Å². The summed E-state index contributed by atoms with van der Waals surface area (Å²) in [4.78, 5) is 18.3. The van der Waals surface area contributed by atoms with E-state index in [4.69, 9.17) is 11.6 Å². The van der Waals surface area contributed by atoms with Gasteiger partial charge in [-0.25, -0.2) is 4.98 Å². The van der Waals surface area contributed by atoms with Gasteiger partial charge in [0, 0.05) is 0 Å². The molecule has 5 heteroatoms. The van der Waals surface area contributed by atoms with Crippen molar-refractivity contribution >= 4 is 34.2 Å². The summed E-state index contributed by atoms with van der Waals surface area (Å²) in [6.45, 7) is 3.75. The Hall–Kier alpha value is -0.100. The van der Waals surface area contributed by atoms with Crippen molar-refractivity contribution < 1.29 is 0 Å². The molecule has 13 heavy (non-hydrogen) atoms. The maximum atomic E-state index is 11.4. The molecule has 1 heterocycles. The van der Waals surface area contributed by atoms with E-state index in [0.29, 0.717) is 9.39 Å². The molecule has 0 aromatic carbocycles. The van der Waals surface area contributed by atoms with Crippen LogP contribution >= 0.6 is 34.2 Å². The maximum absolute atomic E-state index is 11.4. The van der Waals surface area contributed by atoms with Crippen LogP contribution < -0.4 is 5.56 Å². The molecule has 0 aliphatic heterocycles. The fourth-order valence-electron chi connectivity index (χ4n) is 0.947. The predicted molar refractivity (Wildman–Crippen MR) is 61.2 cm³/mol. The molecule has 0 aliphatic carbocycles. The Bertz CT molecular complexity index is 362. The number of halogens is 2. The van der Waals surface area contributed by atoms with Crippen molar-refractivity contribution in [3.05, 3.63) is 25.4 Å². The molecule has 1 unspecified atom stereocenters.